The number of aryl methyl sites for hydroxylation is 1. The number of anilines is 3. The molecular formula is C20H25N3O4. The van der Waals surface area contributed by atoms with E-state index in [4.69, 9.17) is 9.47 Å². The molecule has 144 valence electrons. The van der Waals surface area contributed by atoms with Crippen LogP contribution in [0.2, 0.25) is 0 Å². The topological polar surface area (TPSA) is 88.7 Å². The summed E-state index contributed by atoms with van der Waals surface area (Å²) in [6, 6.07) is 10.7. The molecule has 0 saturated carbocycles. The van der Waals surface area contributed by atoms with Gasteiger partial charge < -0.3 is 25.4 Å². The molecule has 3 N–H and O–H groups in total. The average Bonchev–Trinajstić information content (AvgIpc) is 2.68. The monoisotopic (exact) mass is 371 g/mol. The third kappa shape index (κ3) is 5.64. The van der Waals surface area contributed by atoms with Crippen molar-refractivity contribution in [2.75, 3.05) is 36.7 Å². The smallest absolute Gasteiger partial charge is 0.243 e. The van der Waals surface area contributed by atoms with Crippen molar-refractivity contribution in [1.29, 1.82) is 0 Å². The lowest BCUT2D eigenvalue weighted by molar-refractivity contribution is -0.116. The third-order valence-electron chi connectivity index (χ3n) is 3.96. The molecule has 0 aromatic heterocycles. The van der Waals surface area contributed by atoms with E-state index >= 15 is 0 Å². The lowest BCUT2D eigenvalue weighted by Crippen LogP contribution is -2.22. The number of carbonyl (C=O) groups excluding carboxylic acids is 2. The number of carbonyl (C=O) groups is 2. The van der Waals surface area contributed by atoms with E-state index in [1.165, 1.54) is 7.11 Å². The van der Waals surface area contributed by atoms with Crippen LogP contribution in [0, 0.1) is 6.92 Å². The molecule has 0 heterocycles. The zero-order chi connectivity index (χ0) is 19.8. The van der Waals surface area contributed by atoms with E-state index in [1.54, 1.807) is 32.2 Å². The van der Waals surface area contributed by atoms with E-state index in [2.05, 4.69) is 16.0 Å². The number of hydrogen-bond acceptors (Lipinski definition) is 5. The Hall–Kier alpha value is -3.22. The van der Waals surface area contributed by atoms with Gasteiger partial charge in [-0.25, -0.2) is 0 Å². The molecule has 0 unspecified atom stereocenters. The van der Waals surface area contributed by atoms with Gasteiger partial charge in [0, 0.05) is 23.9 Å². The van der Waals surface area contributed by atoms with Crippen molar-refractivity contribution in [2.24, 2.45) is 0 Å². The molecule has 0 spiro atoms. The zero-order valence-corrected chi connectivity index (χ0v) is 16.0. The van der Waals surface area contributed by atoms with Gasteiger partial charge in [-0.3, -0.25) is 9.59 Å². The van der Waals surface area contributed by atoms with Gasteiger partial charge >= 0.3 is 0 Å². The molecule has 0 atom stereocenters. The van der Waals surface area contributed by atoms with E-state index < -0.39 is 0 Å². The van der Waals surface area contributed by atoms with Crippen LogP contribution < -0.4 is 25.4 Å². The number of nitrogens with one attached hydrogen (secondary N) is 3. The number of amides is 2. The molecule has 2 amide bonds. The van der Waals surface area contributed by atoms with Crippen LogP contribution in [0.15, 0.2) is 36.4 Å². The fourth-order valence-corrected chi connectivity index (χ4v) is 2.41. The van der Waals surface area contributed by atoms with Gasteiger partial charge in [0.05, 0.1) is 26.5 Å². The molecule has 0 radical (unpaired) electrons. The molecule has 7 nitrogen and oxygen atoms in total. The van der Waals surface area contributed by atoms with Crippen LogP contribution in [0.4, 0.5) is 17.1 Å². The fourth-order valence-electron chi connectivity index (χ4n) is 2.41. The summed E-state index contributed by atoms with van der Waals surface area (Å²) in [5.41, 5.74) is 3.00. The van der Waals surface area contributed by atoms with E-state index in [-0.39, 0.29) is 18.4 Å². The molecule has 0 bridgehead atoms. The predicted octanol–water partition coefficient (Wildman–Crippen LogP) is 3.41. The van der Waals surface area contributed by atoms with E-state index in [0.29, 0.717) is 29.3 Å². The molecule has 2 aromatic rings. The first kappa shape index (κ1) is 20.1. The second kappa shape index (κ2) is 9.47. The molecule has 0 aliphatic heterocycles. The van der Waals surface area contributed by atoms with Gasteiger partial charge in [-0.15, -0.1) is 0 Å². The Morgan fingerprint density at radius 2 is 1.70 bits per heavy atom. The summed E-state index contributed by atoms with van der Waals surface area (Å²) in [4.78, 5) is 23.8. The normalized spacial score (nSPS) is 10.1. The van der Waals surface area contributed by atoms with Crippen LogP contribution >= 0.6 is 0 Å². The maximum Gasteiger partial charge on any atom is 0.243 e. The van der Waals surface area contributed by atoms with E-state index in [9.17, 15) is 9.59 Å². The first-order valence-corrected chi connectivity index (χ1v) is 8.63. The quantitative estimate of drug-likeness (QED) is 0.662. The first-order valence-electron chi connectivity index (χ1n) is 8.63. The highest BCUT2D eigenvalue weighted by molar-refractivity contribution is 5.95. The molecular weight excluding hydrogens is 346 g/mol. The average molecular weight is 371 g/mol. The second-order valence-corrected chi connectivity index (χ2v) is 5.90. The highest BCUT2D eigenvalue weighted by atomic mass is 16.5. The molecule has 0 saturated heterocycles. The minimum atomic E-state index is -0.221. The SMILES string of the molecule is CCC(=O)Nc1ccc(C)c(NCC(=O)Nc2ccc(OC)cc2OC)c1. The fraction of sp³-hybridized carbons (Fsp3) is 0.300. The van der Waals surface area contributed by atoms with Crippen molar-refractivity contribution in [3.05, 3.63) is 42.0 Å². The largest absolute Gasteiger partial charge is 0.497 e. The van der Waals surface area contributed by atoms with Crippen molar-refractivity contribution >= 4 is 28.9 Å². The highest BCUT2D eigenvalue weighted by Crippen LogP contribution is 2.29. The van der Waals surface area contributed by atoms with Crippen molar-refractivity contribution in [3.63, 3.8) is 0 Å². The van der Waals surface area contributed by atoms with Crippen LogP contribution in [0.25, 0.3) is 0 Å². The lowest BCUT2D eigenvalue weighted by Gasteiger charge is -2.14. The van der Waals surface area contributed by atoms with Crippen molar-refractivity contribution in [1.82, 2.24) is 0 Å². The molecule has 27 heavy (non-hydrogen) atoms. The molecule has 2 aromatic carbocycles. The minimum Gasteiger partial charge on any atom is -0.497 e. The number of methoxy groups -OCH3 is 2. The van der Waals surface area contributed by atoms with Gasteiger partial charge in [0.2, 0.25) is 11.8 Å². The standard InChI is InChI=1S/C20H25N3O4/c1-5-19(24)22-14-7-6-13(2)17(10-14)21-12-20(25)23-16-9-8-15(26-3)11-18(16)27-4/h6-11,21H,5,12H2,1-4H3,(H,22,24)(H,23,25). The molecule has 0 fully saturated rings. The zero-order valence-electron chi connectivity index (χ0n) is 16.0. The Morgan fingerprint density at radius 3 is 2.37 bits per heavy atom. The van der Waals surface area contributed by atoms with Crippen LogP contribution in [0.5, 0.6) is 11.5 Å². The number of rotatable bonds is 8. The summed E-state index contributed by atoms with van der Waals surface area (Å²) in [7, 11) is 3.10. The summed E-state index contributed by atoms with van der Waals surface area (Å²) >= 11 is 0. The van der Waals surface area contributed by atoms with Gasteiger partial charge in [0.1, 0.15) is 11.5 Å². The Labute approximate surface area is 159 Å². The number of ether oxygens (including phenoxy) is 2. The summed E-state index contributed by atoms with van der Waals surface area (Å²) in [6.45, 7) is 3.79. The summed E-state index contributed by atoms with van der Waals surface area (Å²) < 4.78 is 10.4. The van der Waals surface area contributed by atoms with Crippen molar-refractivity contribution in [3.8, 4) is 11.5 Å². The second-order valence-electron chi connectivity index (χ2n) is 5.90. The predicted molar refractivity (Wildman–Crippen MR) is 107 cm³/mol. The minimum absolute atomic E-state index is 0.0610. The van der Waals surface area contributed by atoms with Gasteiger partial charge in [0.25, 0.3) is 0 Å². The van der Waals surface area contributed by atoms with Crippen LogP contribution in [-0.2, 0) is 9.59 Å². The highest BCUT2D eigenvalue weighted by Gasteiger charge is 2.10. The molecule has 2 rings (SSSR count). The van der Waals surface area contributed by atoms with Gasteiger partial charge in [-0.05, 0) is 36.8 Å². The maximum absolute atomic E-state index is 12.3. The van der Waals surface area contributed by atoms with Crippen molar-refractivity contribution in [2.45, 2.75) is 20.3 Å². The van der Waals surface area contributed by atoms with E-state index in [0.717, 1.165) is 11.3 Å². The van der Waals surface area contributed by atoms with Crippen LogP contribution in [0.3, 0.4) is 0 Å². The summed E-state index contributed by atoms with van der Waals surface area (Å²) in [5, 5.41) is 8.71. The first-order chi connectivity index (χ1) is 13.0. The Morgan fingerprint density at radius 1 is 0.926 bits per heavy atom. The third-order valence-corrected chi connectivity index (χ3v) is 3.96. The van der Waals surface area contributed by atoms with Gasteiger partial charge in [-0.2, -0.15) is 0 Å². The van der Waals surface area contributed by atoms with Crippen LogP contribution in [0.1, 0.15) is 18.9 Å². The van der Waals surface area contributed by atoms with Gasteiger partial charge in [-0.1, -0.05) is 13.0 Å². The summed E-state index contributed by atoms with van der Waals surface area (Å²) in [6.07, 6.45) is 0.405. The van der Waals surface area contributed by atoms with Gasteiger partial charge in [0.15, 0.2) is 0 Å². The summed E-state index contributed by atoms with van der Waals surface area (Å²) in [5.74, 6) is 0.878. The maximum atomic E-state index is 12.3. The van der Waals surface area contributed by atoms with Crippen LogP contribution in [-0.4, -0.2) is 32.6 Å². The van der Waals surface area contributed by atoms with E-state index in [1.807, 2.05) is 25.1 Å². The van der Waals surface area contributed by atoms with Crippen molar-refractivity contribution < 1.29 is 19.1 Å². The Bertz CT molecular complexity index is 821. The number of hydrogen-bond donors (Lipinski definition) is 3. The Kier molecular flexibility index (Phi) is 7.05. The lowest BCUT2D eigenvalue weighted by atomic mass is 10.1. The number of benzene rings is 2. The molecule has 7 heteroatoms. The molecule has 0 aliphatic rings. The molecule has 0 aliphatic carbocycles. The Balaban J connectivity index is 2.01.